The fraction of sp³-hybridized carbons (Fsp3) is 0.474. The van der Waals surface area contributed by atoms with Crippen molar-refractivity contribution in [3.63, 3.8) is 0 Å². The topological polar surface area (TPSA) is 104 Å². The van der Waals surface area contributed by atoms with Crippen LogP contribution >= 0.6 is 0 Å². The van der Waals surface area contributed by atoms with Gasteiger partial charge in [-0.05, 0) is 81.8 Å². The minimum Gasteiger partial charge on any atom is -0.465 e. The average Bonchev–Trinajstić information content (AvgIpc) is 3.43. The predicted molar refractivity (Wildman–Crippen MR) is 191 cm³/mol. The number of hydrogen-bond acceptors (Lipinski definition) is 6. The second-order valence-electron chi connectivity index (χ2n) is 14.0. The third kappa shape index (κ3) is 8.16. The molecule has 5 rings (SSSR count). The molecule has 0 unspecified atom stereocenters. The highest BCUT2D eigenvalue weighted by molar-refractivity contribution is 5.79. The fourth-order valence-corrected chi connectivity index (χ4v) is 6.93. The monoisotopic (exact) mass is 654 g/mol. The number of pyridine rings is 1. The molecule has 1 N–H and O–H groups in total. The maximum absolute atomic E-state index is 14.1. The van der Waals surface area contributed by atoms with Gasteiger partial charge in [0.25, 0.3) is 0 Å². The molecule has 2 aromatic carbocycles. The minimum atomic E-state index is -1.02. The van der Waals surface area contributed by atoms with E-state index in [9.17, 15) is 14.7 Å². The van der Waals surface area contributed by atoms with Gasteiger partial charge in [0.05, 0.1) is 11.0 Å². The molecule has 48 heavy (non-hydrogen) atoms. The lowest BCUT2D eigenvalue weighted by atomic mass is 9.93. The Balaban J connectivity index is 1.35. The van der Waals surface area contributed by atoms with Crippen molar-refractivity contribution in [2.75, 3.05) is 45.8 Å². The van der Waals surface area contributed by atoms with Crippen molar-refractivity contribution in [3.05, 3.63) is 78.2 Å². The lowest BCUT2D eigenvalue weighted by molar-refractivity contribution is -0.134. The summed E-state index contributed by atoms with van der Waals surface area (Å²) in [6.45, 7) is 8.35. The van der Waals surface area contributed by atoms with Crippen LogP contribution in [-0.2, 0) is 22.5 Å². The first-order valence-electron chi connectivity index (χ1n) is 16.9. The number of ether oxygens (including phenoxy) is 1. The summed E-state index contributed by atoms with van der Waals surface area (Å²) in [6, 6.07) is 19.8. The van der Waals surface area contributed by atoms with Gasteiger partial charge in [-0.2, -0.15) is 0 Å². The predicted octanol–water partition coefficient (Wildman–Crippen LogP) is 6.69. The molecule has 1 fully saturated rings. The largest absolute Gasteiger partial charge is 0.465 e. The number of carbonyl (C=O) groups is 2. The van der Waals surface area contributed by atoms with Crippen LogP contribution in [0.5, 0.6) is 0 Å². The Hall–Kier alpha value is -4.44. The number of carboxylic acid groups (broad SMARTS) is 1. The van der Waals surface area contributed by atoms with Crippen LogP contribution in [0.3, 0.4) is 0 Å². The number of methoxy groups -OCH3 is 1. The quantitative estimate of drug-likeness (QED) is 0.170. The standard InChI is InChI=1S/C38H50N6O4/c1-38(2,3)44(37(46)47)31(23-27-14-16-28(17-15-27)29-18-19-34(39-25-29)41(4)5)24-35(45)42-20-9-11-30(26-42)36-40-32-12-7-8-13-33(32)43(36)21-10-22-48-6/h7-8,12-19,25,30-31H,9-11,20-24,26H2,1-6H3,(H,46,47)/t30-,31-/m1/s1. The van der Waals surface area contributed by atoms with Crippen LogP contribution in [-0.4, -0.2) is 93.9 Å². The van der Waals surface area contributed by atoms with Crippen molar-refractivity contribution < 1.29 is 19.4 Å². The molecule has 1 aliphatic rings. The Morgan fingerprint density at radius 1 is 1.04 bits per heavy atom. The number of likely N-dealkylation sites (tertiary alicyclic amines) is 1. The molecule has 0 spiro atoms. The number of rotatable bonds is 12. The van der Waals surface area contributed by atoms with Crippen LogP contribution in [0.15, 0.2) is 66.9 Å². The Kier molecular flexibility index (Phi) is 11.0. The van der Waals surface area contributed by atoms with E-state index in [-0.39, 0.29) is 18.2 Å². The number of benzene rings is 2. The number of nitrogens with zero attached hydrogens (tertiary/aromatic N) is 6. The van der Waals surface area contributed by atoms with Crippen LogP contribution < -0.4 is 4.90 Å². The van der Waals surface area contributed by atoms with Gasteiger partial charge in [-0.1, -0.05) is 36.4 Å². The number of piperidine rings is 1. The number of aryl methyl sites for hydroxylation is 1. The van der Waals surface area contributed by atoms with Crippen LogP contribution in [0.25, 0.3) is 22.2 Å². The summed E-state index contributed by atoms with van der Waals surface area (Å²) in [5.41, 5.74) is 4.39. The summed E-state index contributed by atoms with van der Waals surface area (Å²) >= 11 is 0. The van der Waals surface area contributed by atoms with Gasteiger partial charge < -0.3 is 24.2 Å². The van der Waals surface area contributed by atoms with Gasteiger partial charge in [-0.15, -0.1) is 0 Å². The van der Waals surface area contributed by atoms with Crippen LogP contribution in [0, 0.1) is 0 Å². The fourth-order valence-electron chi connectivity index (χ4n) is 6.93. The van der Waals surface area contributed by atoms with Crippen LogP contribution in [0.2, 0.25) is 0 Å². The van der Waals surface area contributed by atoms with Gasteiger partial charge in [0.2, 0.25) is 5.91 Å². The normalized spacial score (nSPS) is 15.8. The molecule has 0 saturated carbocycles. The first-order valence-corrected chi connectivity index (χ1v) is 16.9. The minimum absolute atomic E-state index is 0.0223. The lowest BCUT2D eigenvalue weighted by Gasteiger charge is -2.41. The third-order valence-electron chi connectivity index (χ3n) is 9.22. The van der Waals surface area contributed by atoms with E-state index in [0.29, 0.717) is 26.1 Å². The Labute approximate surface area is 284 Å². The molecule has 256 valence electrons. The maximum atomic E-state index is 14.1. The maximum Gasteiger partial charge on any atom is 0.408 e. The van der Waals surface area contributed by atoms with Crippen molar-refractivity contribution >= 4 is 28.9 Å². The number of para-hydroxylation sites is 2. The molecule has 0 aliphatic carbocycles. The molecule has 4 aromatic rings. The Bertz CT molecular complexity index is 1680. The van der Waals surface area contributed by atoms with E-state index in [2.05, 4.69) is 15.6 Å². The molecule has 2 aromatic heterocycles. The van der Waals surface area contributed by atoms with Gasteiger partial charge in [-0.3, -0.25) is 9.69 Å². The second-order valence-corrected chi connectivity index (χ2v) is 14.0. The molecule has 3 heterocycles. The van der Waals surface area contributed by atoms with Gasteiger partial charge in [0, 0.05) is 83.1 Å². The summed E-state index contributed by atoms with van der Waals surface area (Å²) in [5, 5.41) is 10.4. The number of hydrogen-bond donors (Lipinski definition) is 1. The lowest BCUT2D eigenvalue weighted by Crippen LogP contribution is -2.54. The molecule has 2 atom stereocenters. The smallest absolute Gasteiger partial charge is 0.408 e. The molecule has 10 heteroatoms. The first kappa shape index (κ1) is 34.9. The molecule has 10 nitrogen and oxygen atoms in total. The zero-order chi connectivity index (χ0) is 34.4. The van der Waals surface area contributed by atoms with E-state index in [1.54, 1.807) is 7.11 Å². The molecular formula is C38H50N6O4. The number of aromatic nitrogens is 3. The van der Waals surface area contributed by atoms with Gasteiger partial charge in [-0.25, -0.2) is 14.8 Å². The second kappa shape index (κ2) is 15.2. The number of carbonyl (C=O) groups excluding carboxylic acids is 1. The van der Waals surface area contributed by atoms with Crippen molar-refractivity contribution in [1.82, 2.24) is 24.3 Å². The van der Waals surface area contributed by atoms with Crippen LogP contribution in [0.1, 0.15) is 63.8 Å². The summed E-state index contributed by atoms with van der Waals surface area (Å²) in [7, 11) is 5.64. The van der Waals surface area contributed by atoms with Crippen molar-refractivity contribution in [3.8, 4) is 11.1 Å². The number of imidazole rings is 1. The van der Waals surface area contributed by atoms with E-state index in [1.807, 2.05) is 105 Å². The summed E-state index contributed by atoms with van der Waals surface area (Å²) in [4.78, 5) is 41.7. The van der Waals surface area contributed by atoms with Gasteiger partial charge in [0.15, 0.2) is 0 Å². The van der Waals surface area contributed by atoms with Crippen LogP contribution in [0.4, 0.5) is 10.6 Å². The summed E-state index contributed by atoms with van der Waals surface area (Å²) in [6.07, 6.45) is 4.07. The van der Waals surface area contributed by atoms with Gasteiger partial charge >= 0.3 is 6.09 Å². The Morgan fingerprint density at radius 3 is 2.42 bits per heavy atom. The summed E-state index contributed by atoms with van der Waals surface area (Å²) < 4.78 is 7.62. The van der Waals surface area contributed by atoms with Crippen molar-refractivity contribution in [2.45, 2.75) is 76.9 Å². The zero-order valence-electron chi connectivity index (χ0n) is 29.2. The highest BCUT2D eigenvalue weighted by atomic mass is 16.5. The van der Waals surface area contributed by atoms with E-state index < -0.39 is 17.7 Å². The number of amides is 2. The van der Waals surface area contributed by atoms with Gasteiger partial charge in [0.1, 0.15) is 11.6 Å². The molecule has 0 bridgehead atoms. The van der Waals surface area contributed by atoms with E-state index in [1.165, 1.54) is 4.90 Å². The van der Waals surface area contributed by atoms with Crippen molar-refractivity contribution in [1.29, 1.82) is 0 Å². The molecule has 0 radical (unpaired) electrons. The summed E-state index contributed by atoms with van der Waals surface area (Å²) in [5.74, 6) is 1.98. The van der Waals surface area contributed by atoms with E-state index in [0.717, 1.165) is 65.2 Å². The highest BCUT2D eigenvalue weighted by Gasteiger charge is 2.37. The first-order chi connectivity index (χ1) is 23.0. The molecule has 1 aliphatic heterocycles. The zero-order valence-corrected chi connectivity index (χ0v) is 29.2. The molecule has 1 saturated heterocycles. The van der Waals surface area contributed by atoms with E-state index >= 15 is 0 Å². The Morgan fingerprint density at radius 2 is 1.77 bits per heavy atom. The highest BCUT2D eigenvalue weighted by Crippen LogP contribution is 2.31. The average molecular weight is 655 g/mol. The van der Waals surface area contributed by atoms with Crippen molar-refractivity contribution in [2.24, 2.45) is 0 Å². The number of anilines is 1. The molecule has 2 amide bonds. The van der Waals surface area contributed by atoms with E-state index in [4.69, 9.17) is 9.72 Å². The molecular weight excluding hydrogens is 604 g/mol. The SMILES string of the molecule is COCCCn1c([C@@H]2CCCN(C(=O)C[C@@H](Cc3ccc(-c4ccc(N(C)C)nc4)cc3)N(C(=O)O)C(C)(C)C)C2)nc2ccccc21. The third-order valence-corrected chi connectivity index (χ3v) is 9.22. The number of fused-ring (bicyclic) bond motifs is 1.